The van der Waals surface area contributed by atoms with E-state index in [9.17, 15) is 18.0 Å². The van der Waals surface area contributed by atoms with Gasteiger partial charge in [-0.2, -0.15) is 0 Å². The van der Waals surface area contributed by atoms with Crippen molar-refractivity contribution in [2.45, 2.75) is 13.0 Å². The molecule has 84 valence electrons. The highest BCUT2D eigenvalue weighted by Gasteiger charge is 2.24. The van der Waals surface area contributed by atoms with Crippen molar-refractivity contribution in [3.05, 3.63) is 35.1 Å². The second-order valence-electron chi connectivity index (χ2n) is 3.40. The van der Waals surface area contributed by atoms with Crippen LogP contribution in [0.1, 0.15) is 12.5 Å². The van der Waals surface area contributed by atoms with Crippen LogP contribution in [-0.4, -0.2) is 17.8 Å². The van der Waals surface area contributed by atoms with Crippen molar-refractivity contribution < 1.29 is 18.0 Å². The Morgan fingerprint density at radius 2 is 1.81 bits per heavy atom. The minimum Gasteiger partial charge on any atom is -0.309 e. The van der Waals surface area contributed by atoms with Crippen LogP contribution >= 0.6 is 0 Å². The topological polar surface area (TPSA) is 41.5 Å². The number of nitrogens with zero attached hydrogens (tertiary/aromatic N) is 1. The van der Waals surface area contributed by atoms with E-state index in [2.05, 4.69) is 10.3 Å². The Morgan fingerprint density at radius 1 is 1.25 bits per heavy atom. The van der Waals surface area contributed by atoms with Gasteiger partial charge in [0.25, 0.3) is 0 Å². The largest absolute Gasteiger partial charge is 0.309 e. The summed E-state index contributed by atoms with van der Waals surface area (Å²) in [6.07, 6.45) is 0. The summed E-state index contributed by atoms with van der Waals surface area (Å²) in [6.45, 7) is 1.54. The number of hydrogen-bond donors (Lipinski definition) is 1. The van der Waals surface area contributed by atoms with Crippen LogP contribution in [-0.2, 0) is 4.79 Å². The normalized spacial score (nSPS) is 19.6. The molecule has 0 saturated heterocycles. The van der Waals surface area contributed by atoms with Gasteiger partial charge >= 0.3 is 0 Å². The molecule has 0 fully saturated rings. The molecule has 1 aliphatic rings. The second kappa shape index (κ2) is 3.62. The number of halogens is 3. The van der Waals surface area contributed by atoms with Crippen LogP contribution in [0.3, 0.4) is 0 Å². The molecule has 1 aliphatic heterocycles. The molecule has 16 heavy (non-hydrogen) atoms. The number of hydrogen-bond acceptors (Lipinski definition) is 2. The standard InChI is InChI=1S/C10H7F3N2O/c1-4-10(16)15-9(14-4)5-2-6(11)8(13)7(12)3-5/h2-4H,1H3,(H,14,15,16). The van der Waals surface area contributed by atoms with Gasteiger partial charge in [-0.15, -0.1) is 0 Å². The first-order chi connectivity index (χ1) is 7.49. The molecule has 1 aromatic rings. The van der Waals surface area contributed by atoms with Crippen LogP contribution in [0.4, 0.5) is 13.2 Å². The average Bonchev–Trinajstić information content (AvgIpc) is 2.55. The zero-order valence-corrected chi connectivity index (χ0v) is 8.22. The summed E-state index contributed by atoms with van der Waals surface area (Å²) in [5.41, 5.74) is 0.00843. The molecule has 1 unspecified atom stereocenters. The lowest BCUT2D eigenvalue weighted by atomic mass is 10.2. The molecule has 0 bridgehead atoms. The quantitative estimate of drug-likeness (QED) is 0.724. The number of carbonyl (C=O) groups is 1. The third kappa shape index (κ3) is 1.66. The van der Waals surface area contributed by atoms with Gasteiger partial charge in [-0.25, -0.2) is 13.2 Å². The minimum absolute atomic E-state index is 0.00843. The molecule has 0 spiro atoms. The second-order valence-corrected chi connectivity index (χ2v) is 3.40. The molecule has 1 aromatic carbocycles. The highest BCUT2D eigenvalue weighted by Crippen LogP contribution is 2.15. The molecule has 6 heteroatoms. The van der Waals surface area contributed by atoms with E-state index in [1.165, 1.54) is 0 Å². The smallest absolute Gasteiger partial charge is 0.250 e. The van der Waals surface area contributed by atoms with Gasteiger partial charge in [0, 0.05) is 5.56 Å². The van der Waals surface area contributed by atoms with E-state index >= 15 is 0 Å². The van der Waals surface area contributed by atoms with E-state index in [4.69, 9.17) is 0 Å². The van der Waals surface area contributed by atoms with Crippen LogP contribution in [0.15, 0.2) is 17.1 Å². The Hall–Kier alpha value is -1.85. The number of carbonyl (C=O) groups excluding carboxylic acids is 1. The lowest BCUT2D eigenvalue weighted by Crippen LogP contribution is -2.28. The summed E-state index contributed by atoms with van der Waals surface area (Å²) < 4.78 is 38.5. The van der Waals surface area contributed by atoms with Crippen LogP contribution < -0.4 is 5.32 Å². The van der Waals surface area contributed by atoms with Crippen LogP contribution in [0.5, 0.6) is 0 Å². The van der Waals surface area contributed by atoms with Crippen molar-refractivity contribution in [3.8, 4) is 0 Å². The van der Waals surface area contributed by atoms with E-state index in [1.54, 1.807) is 6.92 Å². The van der Waals surface area contributed by atoms with Crippen molar-refractivity contribution >= 4 is 11.7 Å². The number of rotatable bonds is 1. The number of amides is 1. The molecule has 1 atom stereocenters. The fourth-order valence-electron chi connectivity index (χ4n) is 1.34. The maximum Gasteiger partial charge on any atom is 0.250 e. The average molecular weight is 228 g/mol. The van der Waals surface area contributed by atoms with E-state index in [0.717, 1.165) is 12.1 Å². The van der Waals surface area contributed by atoms with Crippen molar-refractivity contribution in [1.29, 1.82) is 0 Å². The van der Waals surface area contributed by atoms with Crippen LogP contribution in [0, 0.1) is 17.5 Å². The third-order valence-electron chi connectivity index (χ3n) is 2.20. The van der Waals surface area contributed by atoms with Crippen molar-refractivity contribution in [1.82, 2.24) is 5.32 Å². The summed E-state index contributed by atoms with van der Waals surface area (Å²) in [6, 6.07) is 0.969. The Bertz CT molecular complexity index is 476. The first-order valence-corrected chi connectivity index (χ1v) is 4.52. The van der Waals surface area contributed by atoms with Crippen molar-refractivity contribution in [3.63, 3.8) is 0 Å². The van der Waals surface area contributed by atoms with Crippen LogP contribution in [0.25, 0.3) is 0 Å². The Labute approximate surface area is 89.0 Å². The van der Waals surface area contributed by atoms with Gasteiger partial charge in [-0.05, 0) is 19.1 Å². The predicted molar refractivity (Wildman–Crippen MR) is 50.5 cm³/mol. The molecule has 0 saturated carbocycles. The van der Waals surface area contributed by atoms with Gasteiger partial charge in [0.1, 0.15) is 11.9 Å². The van der Waals surface area contributed by atoms with E-state index in [-0.39, 0.29) is 17.3 Å². The molecule has 1 amide bonds. The van der Waals surface area contributed by atoms with E-state index < -0.39 is 23.5 Å². The third-order valence-corrected chi connectivity index (χ3v) is 2.20. The predicted octanol–water partition coefficient (Wildman–Crippen LogP) is 1.37. The maximum atomic E-state index is 12.9. The highest BCUT2D eigenvalue weighted by atomic mass is 19.2. The summed E-state index contributed by atoms with van der Waals surface area (Å²) in [4.78, 5) is 15.0. The Kier molecular flexibility index (Phi) is 2.41. The maximum absolute atomic E-state index is 12.9. The van der Waals surface area contributed by atoms with Crippen molar-refractivity contribution in [2.24, 2.45) is 4.99 Å². The summed E-state index contributed by atoms with van der Waals surface area (Å²) in [5.74, 6) is -4.48. The van der Waals surface area contributed by atoms with Crippen molar-refractivity contribution in [2.75, 3.05) is 0 Å². The monoisotopic (exact) mass is 228 g/mol. The van der Waals surface area contributed by atoms with Gasteiger partial charge < -0.3 is 5.32 Å². The number of benzene rings is 1. The molecule has 3 nitrogen and oxygen atoms in total. The highest BCUT2D eigenvalue weighted by molar-refractivity contribution is 6.13. The molecule has 0 aromatic heterocycles. The van der Waals surface area contributed by atoms with Gasteiger partial charge in [0.05, 0.1) is 0 Å². The molecular formula is C10H7F3N2O. The fraction of sp³-hybridized carbons (Fsp3) is 0.200. The Morgan fingerprint density at radius 3 is 2.25 bits per heavy atom. The Balaban J connectivity index is 2.43. The molecular weight excluding hydrogens is 221 g/mol. The first kappa shape index (κ1) is 10.7. The van der Waals surface area contributed by atoms with E-state index in [0.29, 0.717) is 0 Å². The zero-order chi connectivity index (χ0) is 11.9. The van der Waals surface area contributed by atoms with E-state index in [1.807, 2.05) is 0 Å². The number of nitrogens with one attached hydrogen (secondary N) is 1. The summed E-state index contributed by atoms with van der Waals surface area (Å²) in [7, 11) is 0. The molecule has 2 rings (SSSR count). The summed E-state index contributed by atoms with van der Waals surface area (Å²) >= 11 is 0. The lowest BCUT2D eigenvalue weighted by Gasteiger charge is -2.02. The lowest BCUT2D eigenvalue weighted by molar-refractivity contribution is -0.119. The number of amidine groups is 1. The van der Waals surface area contributed by atoms with Crippen LogP contribution in [0.2, 0.25) is 0 Å². The fourth-order valence-corrected chi connectivity index (χ4v) is 1.34. The van der Waals surface area contributed by atoms with Gasteiger partial charge in [-0.3, -0.25) is 9.79 Å². The summed E-state index contributed by atoms with van der Waals surface area (Å²) in [5, 5.41) is 2.35. The van der Waals surface area contributed by atoms with Gasteiger partial charge in [0.2, 0.25) is 5.91 Å². The van der Waals surface area contributed by atoms with Gasteiger partial charge in [-0.1, -0.05) is 0 Å². The zero-order valence-electron chi connectivity index (χ0n) is 8.22. The molecule has 1 N–H and O–H groups in total. The van der Waals surface area contributed by atoms with Gasteiger partial charge in [0.15, 0.2) is 17.5 Å². The first-order valence-electron chi connectivity index (χ1n) is 4.52. The minimum atomic E-state index is -1.54. The SMILES string of the molecule is CC1N=C(c2cc(F)c(F)c(F)c2)NC1=O. The molecule has 0 radical (unpaired) electrons. The molecule has 1 heterocycles. The molecule has 0 aliphatic carbocycles. The number of aliphatic imine (C=N–C) groups is 1.